The summed E-state index contributed by atoms with van der Waals surface area (Å²) in [5.41, 5.74) is 5.82. The van der Waals surface area contributed by atoms with Gasteiger partial charge in [0, 0.05) is 19.3 Å². The van der Waals surface area contributed by atoms with Crippen LogP contribution in [0.1, 0.15) is 32.1 Å². The van der Waals surface area contributed by atoms with Crippen LogP contribution in [0.15, 0.2) is 0 Å². The molecule has 1 rings (SSSR count). The number of hydrogen-bond acceptors (Lipinski definition) is 3. The highest BCUT2D eigenvalue weighted by atomic mass is 16.5. The molecule has 0 amide bonds. The number of ether oxygens (including phenoxy) is 1. The van der Waals surface area contributed by atoms with Crippen molar-refractivity contribution >= 4 is 0 Å². The summed E-state index contributed by atoms with van der Waals surface area (Å²) in [6.07, 6.45) is 5.47. The van der Waals surface area contributed by atoms with E-state index in [0.717, 1.165) is 32.3 Å². The molecule has 1 aliphatic rings. The van der Waals surface area contributed by atoms with Gasteiger partial charge in [0.05, 0.1) is 6.10 Å². The van der Waals surface area contributed by atoms with Gasteiger partial charge in [0.2, 0.25) is 0 Å². The first kappa shape index (κ1) is 9.96. The molecular formula is C9H19NO2. The predicted octanol–water partition coefficient (Wildman–Crippen LogP) is 0.655. The average Bonchev–Trinajstić information content (AvgIpc) is 2.46. The monoisotopic (exact) mass is 173 g/mol. The van der Waals surface area contributed by atoms with Crippen LogP contribution in [0.25, 0.3) is 0 Å². The summed E-state index contributed by atoms with van der Waals surface area (Å²) < 4.78 is 5.58. The van der Waals surface area contributed by atoms with Crippen molar-refractivity contribution in [1.82, 2.24) is 0 Å². The quantitative estimate of drug-likeness (QED) is 0.600. The van der Waals surface area contributed by atoms with Gasteiger partial charge in [0.25, 0.3) is 0 Å². The smallest absolute Gasteiger partial charge is 0.0725 e. The highest BCUT2D eigenvalue weighted by molar-refractivity contribution is 4.80. The SMILES string of the molecule is NC1CCCC1OCCCCO. The number of aliphatic hydroxyl groups excluding tert-OH is 1. The lowest BCUT2D eigenvalue weighted by atomic mass is 10.2. The van der Waals surface area contributed by atoms with Gasteiger partial charge in [0.1, 0.15) is 0 Å². The first-order chi connectivity index (χ1) is 5.84. The topological polar surface area (TPSA) is 55.5 Å². The van der Waals surface area contributed by atoms with Crippen LogP contribution >= 0.6 is 0 Å². The van der Waals surface area contributed by atoms with Crippen LogP contribution in [0.3, 0.4) is 0 Å². The Kier molecular flexibility index (Phi) is 4.58. The van der Waals surface area contributed by atoms with E-state index >= 15 is 0 Å². The van der Waals surface area contributed by atoms with Crippen molar-refractivity contribution in [3.63, 3.8) is 0 Å². The minimum atomic E-state index is 0.249. The first-order valence-electron chi connectivity index (χ1n) is 4.82. The second kappa shape index (κ2) is 5.51. The van der Waals surface area contributed by atoms with Crippen molar-refractivity contribution in [2.75, 3.05) is 13.2 Å². The molecule has 0 heterocycles. The van der Waals surface area contributed by atoms with Crippen LogP contribution in [0.2, 0.25) is 0 Å². The summed E-state index contributed by atoms with van der Waals surface area (Å²) in [5.74, 6) is 0. The third-order valence-electron chi connectivity index (χ3n) is 2.39. The van der Waals surface area contributed by atoms with E-state index in [-0.39, 0.29) is 18.8 Å². The third-order valence-corrected chi connectivity index (χ3v) is 2.39. The Balaban J connectivity index is 1.98. The molecule has 1 fully saturated rings. The molecule has 0 spiro atoms. The standard InChI is InChI=1S/C9H19NO2/c10-8-4-3-5-9(8)12-7-2-1-6-11/h8-9,11H,1-7,10H2. The maximum Gasteiger partial charge on any atom is 0.0725 e. The molecule has 2 atom stereocenters. The molecule has 0 aromatic heterocycles. The molecule has 0 aromatic carbocycles. The molecule has 1 aliphatic carbocycles. The average molecular weight is 173 g/mol. The van der Waals surface area contributed by atoms with Gasteiger partial charge in [-0.3, -0.25) is 0 Å². The van der Waals surface area contributed by atoms with Gasteiger partial charge in [0.15, 0.2) is 0 Å². The Morgan fingerprint density at radius 1 is 1.33 bits per heavy atom. The molecular weight excluding hydrogens is 154 g/mol. The molecule has 3 nitrogen and oxygen atoms in total. The lowest BCUT2D eigenvalue weighted by Crippen LogP contribution is -2.31. The molecule has 0 radical (unpaired) electrons. The zero-order chi connectivity index (χ0) is 8.81. The summed E-state index contributed by atoms with van der Waals surface area (Å²) >= 11 is 0. The number of rotatable bonds is 5. The fourth-order valence-electron chi connectivity index (χ4n) is 1.61. The van der Waals surface area contributed by atoms with Gasteiger partial charge in [-0.05, 0) is 32.1 Å². The van der Waals surface area contributed by atoms with Crippen molar-refractivity contribution < 1.29 is 9.84 Å². The fraction of sp³-hybridized carbons (Fsp3) is 1.00. The van der Waals surface area contributed by atoms with E-state index in [9.17, 15) is 0 Å². The van der Waals surface area contributed by atoms with Gasteiger partial charge in [-0.15, -0.1) is 0 Å². The fourth-order valence-corrected chi connectivity index (χ4v) is 1.61. The van der Waals surface area contributed by atoms with Crippen LogP contribution in [-0.2, 0) is 4.74 Å². The van der Waals surface area contributed by atoms with E-state index in [2.05, 4.69) is 0 Å². The summed E-state index contributed by atoms with van der Waals surface area (Å²) in [6.45, 7) is 1.01. The lowest BCUT2D eigenvalue weighted by Gasteiger charge is -2.15. The highest BCUT2D eigenvalue weighted by Crippen LogP contribution is 2.20. The second-order valence-electron chi connectivity index (χ2n) is 3.43. The van der Waals surface area contributed by atoms with Crippen molar-refractivity contribution in [3.05, 3.63) is 0 Å². The molecule has 0 aliphatic heterocycles. The molecule has 12 heavy (non-hydrogen) atoms. The molecule has 2 unspecified atom stereocenters. The Morgan fingerprint density at radius 2 is 2.17 bits per heavy atom. The largest absolute Gasteiger partial charge is 0.396 e. The lowest BCUT2D eigenvalue weighted by molar-refractivity contribution is 0.0438. The number of aliphatic hydroxyl groups is 1. The molecule has 3 N–H and O–H groups in total. The van der Waals surface area contributed by atoms with Gasteiger partial charge in [-0.25, -0.2) is 0 Å². The van der Waals surface area contributed by atoms with Crippen molar-refractivity contribution in [2.24, 2.45) is 5.73 Å². The molecule has 72 valence electrons. The summed E-state index contributed by atoms with van der Waals surface area (Å²) in [6, 6.07) is 0.249. The minimum Gasteiger partial charge on any atom is -0.396 e. The third kappa shape index (κ3) is 3.09. The summed E-state index contributed by atoms with van der Waals surface area (Å²) in [5, 5.41) is 8.53. The maximum absolute atomic E-state index is 8.53. The van der Waals surface area contributed by atoms with Gasteiger partial charge < -0.3 is 15.6 Å². The number of unbranched alkanes of at least 4 members (excludes halogenated alkanes) is 1. The molecule has 0 aromatic rings. The Bertz CT molecular complexity index is 119. The number of hydrogen-bond donors (Lipinski definition) is 2. The van der Waals surface area contributed by atoms with Crippen LogP contribution < -0.4 is 5.73 Å². The zero-order valence-corrected chi connectivity index (χ0v) is 7.54. The second-order valence-corrected chi connectivity index (χ2v) is 3.43. The predicted molar refractivity (Wildman–Crippen MR) is 47.9 cm³/mol. The first-order valence-corrected chi connectivity index (χ1v) is 4.82. The van der Waals surface area contributed by atoms with Gasteiger partial charge in [-0.2, -0.15) is 0 Å². The highest BCUT2D eigenvalue weighted by Gasteiger charge is 2.23. The van der Waals surface area contributed by atoms with E-state index in [4.69, 9.17) is 15.6 Å². The Morgan fingerprint density at radius 3 is 2.75 bits per heavy atom. The van der Waals surface area contributed by atoms with Gasteiger partial charge >= 0.3 is 0 Å². The Labute approximate surface area is 73.9 Å². The van der Waals surface area contributed by atoms with E-state index in [1.807, 2.05) is 0 Å². The summed E-state index contributed by atoms with van der Waals surface area (Å²) in [4.78, 5) is 0. The van der Waals surface area contributed by atoms with Crippen LogP contribution in [0.5, 0.6) is 0 Å². The van der Waals surface area contributed by atoms with Crippen LogP contribution in [0, 0.1) is 0 Å². The van der Waals surface area contributed by atoms with Gasteiger partial charge in [-0.1, -0.05) is 0 Å². The van der Waals surface area contributed by atoms with Crippen molar-refractivity contribution in [1.29, 1.82) is 0 Å². The van der Waals surface area contributed by atoms with E-state index < -0.39 is 0 Å². The molecule has 1 saturated carbocycles. The van der Waals surface area contributed by atoms with Crippen LogP contribution in [0.4, 0.5) is 0 Å². The minimum absolute atomic E-state index is 0.249. The molecule has 0 saturated heterocycles. The molecule has 3 heteroatoms. The van der Waals surface area contributed by atoms with Crippen molar-refractivity contribution in [3.8, 4) is 0 Å². The maximum atomic E-state index is 8.53. The van der Waals surface area contributed by atoms with E-state index in [1.165, 1.54) is 6.42 Å². The van der Waals surface area contributed by atoms with E-state index in [0.29, 0.717) is 0 Å². The Hall–Kier alpha value is -0.120. The zero-order valence-electron chi connectivity index (χ0n) is 7.54. The normalized spacial score (nSPS) is 29.5. The van der Waals surface area contributed by atoms with E-state index in [1.54, 1.807) is 0 Å². The van der Waals surface area contributed by atoms with Crippen molar-refractivity contribution in [2.45, 2.75) is 44.2 Å². The molecule has 0 bridgehead atoms. The number of nitrogens with two attached hydrogens (primary N) is 1. The van der Waals surface area contributed by atoms with Crippen LogP contribution in [-0.4, -0.2) is 30.5 Å². The summed E-state index contributed by atoms with van der Waals surface area (Å²) in [7, 11) is 0.